The van der Waals surface area contributed by atoms with Crippen molar-refractivity contribution in [2.45, 2.75) is 59.0 Å². The average Bonchev–Trinajstić information content (AvgIpc) is 2.25. The Morgan fingerprint density at radius 2 is 1.53 bits per heavy atom. The van der Waals surface area contributed by atoms with E-state index in [1.54, 1.807) is 0 Å². The summed E-state index contributed by atoms with van der Waals surface area (Å²) in [4.78, 5) is 0. The van der Waals surface area contributed by atoms with Gasteiger partial charge in [-0.2, -0.15) is 0 Å². The van der Waals surface area contributed by atoms with E-state index in [1.807, 2.05) is 0 Å². The minimum atomic E-state index is -0.314. The van der Waals surface area contributed by atoms with Gasteiger partial charge < -0.3 is 5.11 Å². The Hall–Kier alpha value is -0.820. The Morgan fingerprint density at radius 1 is 1.00 bits per heavy atom. The number of rotatable bonds is 4. The van der Waals surface area contributed by atoms with Gasteiger partial charge in [0.15, 0.2) is 0 Å². The predicted octanol–water partition coefficient (Wildman–Crippen LogP) is 4.45. The first-order chi connectivity index (χ1) is 7.80. The lowest BCUT2D eigenvalue weighted by Crippen LogP contribution is -2.11. The molecule has 0 saturated carbocycles. The quantitative estimate of drug-likeness (QED) is 0.816. The van der Waals surface area contributed by atoms with Crippen LogP contribution in [0.5, 0.6) is 0 Å². The number of hydrogen-bond donors (Lipinski definition) is 1. The molecule has 17 heavy (non-hydrogen) atoms. The molecule has 1 atom stereocenters. The van der Waals surface area contributed by atoms with Crippen molar-refractivity contribution < 1.29 is 5.11 Å². The molecule has 0 aliphatic carbocycles. The van der Waals surface area contributed by atoms with E-state index in [0.29, 0.717) is 5.92 Å². The zero-order valence-corrected chi connectivity index (χ0v) is 11.8. The van der Waals surface area contributed by atoms with E-state index in [9.17, 15) is 5.11 Å². The first kappa shape index (κ1) is 14.2. The summed E-state index contributed by atoms with van der Waals surface area (Å²) < 4.78 is 0. The molecule has 0 bridgehead atoms. The van der Waals surface area contributed by atoms with E-state index in [-0.39, 0.29) is 11.5 Å². The van der Waals surface area contributed by atoms with Crippen molar-refractivity contribution in [2.75, 3.05) is 0 Å². The standard InChI is InChI=1S/C16H26O/c1-12(2)6-11-15(17)13-7-9-14(10-8-13)16(3,4)5/h7-10,12,15,17H,6,11H2,1-5H3. The third-order valence-electron chi connectivity index (χ3n) is 3.18. The number of hydrogen-bond acceptors (Lipinski definition) is 1. The molecule has 1 heteroatoms. The topological polar surface area (TPSA) is 20.2 Å². The summed E-state index contributed by atoms with van der Waals surface area (Å²) in [5.41, 5.74) is 2.54. The van der Waals surface area contributed by atoms with E-state index in [2.05, 4.69) is 58.9 Å². The molecule has 1 nitrogen and oxygen atoms in total. The lowest BCUT2D eigenvalue weighted by Gasteiger charge is -2.20. The molecule has 1 N–H and O–H groups in total. The molecule has 1 unspecified atom stereocenters. The monoisotopic (exact) mass is 234 g/mol. The van der Waals surface area contributed by atoms with Crippen LogP contribution in [0, 0.1) is 5.92 Å². The molecule has 0 aliphatic rings. The SMILES string of the molecule is CC(C)CCC(O)c1ccc(C(C)(C)C)cc1. The fraction of sp³-hybridized carbons (Fsp3) is 0.625. The average molecular weight is 234 g/mol. The van der Waals surface area contributed by atoms with E-state index in [0.717, 1.165) is 18.4 Å². The van der Waals surface area contributed by atoms with Crippen LogP contribution in [0.1, 0.15) is 64.7 Å². The summed E-state index contributed by atoms with van der Waals surface area (Å²) in [5, 5.41) is 10.1. The van der Waals surface area contributed by atoms with Crippen LogP contribution in [0.4, 0.5) is 0 Å². The zero-order chi connectivity index (χ0) is 13.1. The van der Waals surface area contributed by atoms with E-state index in [4.69, 9.17) is 0 Å². The van der Waals surface area contributed by atoms with Gasteiger partial charge in [0.1, 0.15) is 0 Å². The number of aliphatic hydroxyl groups is 1. The normalized spacial score (nSPS) is 14.1. The highest BCUT2D eigenvalue weighted by atomic mass is 16.3. The summed E-state index contributed by atoms with van der Waals surface area (Å²) >= 11 is 0. The van der Waals surface area contributed by atoms with E-state index in [1.165, 1.54) is 5.56 Å². The van der Waals surface area contributed by atoms with Gasteiger partial charge in [-0.15, -0.1) is 0 Å². The maximum atomic E-state index is 10.1. The van der Waals surface area contributed by atoms with Crippen LogP contribution in [-0.2, 0) is 5.41 Å². The molecule has 0 aromatic heterocycles. The largest absolute Gasteiger partial charge is 0.388 e. The second kappa shape index (κ2) is 5.68. The van der Waals surface area contributed by atoms with Crippen molar-refractivity contribution in [1.82, 2.24) is 0 Å². The fourth-order valence-corrected chi connectivity index (χ4v) is 1.86. The van der Waals surface area contributed by atoms with Gasteiger partial charge in [-0.25, -0.2) is 0 Å². The van der Waals surface area contributed by atoms with Gasteiger partial charge in [-0.1, -0.05) is 58.9 Å². The molecule has 1 aromatic rings. The zero-order valence-electron chi connectivity index (χ0n) is 11.8. The molecular formula is C16H26O. The molecular weight excluding hydrogens is 208 g/mol. The van der Waals surface area contributed by atoms with E-state index < -0.39 is 0 Å². The van der Waals surface area contributed by atoms with Crippen molar-refractivity contribution in [1.29, 1.82) is 0 Å². The Balaban J connectivity index is 2.67. The maximum absolute atomic E-state index is 10.1. The Morgan fingerprint density at radius 3 is 1.94 bits per heavy atom. The van der Waals surface area contributed by atoms with Crippen molar-refractivity contribution in [2.24, 2.45) is 5.92 Å². The summed E-state index contributed by atoms with van der Waals surface area (Å²) in [5.74, 6) is 0.651. The molecule has 0 aliphatic heterocycles. The van der Waals surface area contributed by atoms with Crippen LogP contribution in [0.15, 0.2) is 24.3 Å². The highest BCUT2D eigenvalue weighted by Crippen LogP contribution is 2.26. The van der Waals surface area contributed by atoms with Crippen molar-refractivity contribution in [3.05, 3.63) is 35.4 Å². The fourth-order valence-electron chi connectivity index (χ4n) is 1.86. The predicted molar refractivity (Wildman–Crippen MR) is 74.2 cm³/mol. The third kappa shape index (κ3) is 4.51. The van der Waals surface area contributed by atoms with Gasteiger partial charge in [0.2, 0.25) is 0 Å². The smallest absolute Gasteiger partial charge is 0.0790 e. The molecule has 0 amide bonds. The lowest BCUT2D eigenvalue weighted by atomic mass is 9.86. The third-order valence-corrected chi connectivity index (χ3v) is 3.18. The molecule has 0 spiro atoms. The molecule has 1 aromatic carbocycles. The molecule has 1 rings (SSSR count). The van der Waals surface area contributed by atoms with Crippen LogP contribution in [0.3, 0.4) is 0 Å². The van der Waals surface area contributed by atoms with Gasteiger partial charge in [-0.05, 0) is 35.3 Å². The van der Waals surface area contributed by atoms with Crippen LogP contribution < -0.4 is 0 Å². The molecule has 0 saturated heterocycles. The highest BCUT2D eigenvalue weighted by molar-refractivity contribution is 5.28. The summed E-state index contributed by atoms with van der Waals surface area (Å²) in [7, 11) is 0. The van der Waals surface area contributed by atoms with Crippen LogP contribution >= 0.6 is 0 Å². The Labute approximate surface area is 106 Å². The first-order valence-corrected chi connectivity index (χ1v) is 6.59. The van der Waals surface area contributed by atoms with Gasteiger partial charge in [0.25, 0.3) is 0 Å². The highest BCUT2D eigenvalue weighted by Gasteiger charge is 2.14. The Bertz CT molecular complexity index is 330. The summed E-state index contributed by atoms with van der Waals surface area (Å²) in [6.07, 6.45) is 1.61. The summed E-state index contributed by atoms with van der Waals surface area (Å²) in [6, 6.07) is 8.39. The number of benzene rings is 1. The van der Waals surface area contributed by atoms with Gasteiger partial charge in [0, 0.05) is 0 Å². The molecule has 0 radical (unpaired) electrons. The van der Waals surface area contributed by atoms with Crippen LogP contribution in [0.2, 0.25) is 0 Å². The van der Waals surface area contributed by atoms with Gasteiger partial charge in [-0.3, -0.25) is 0 Å². The van der Waals surface area contributed by atoms with Gasteiger partial charge in [0.05, 0.1) is 6.10 Å². The maximum Gasteiger partial charge on any atom is 0.0790 e. The summed E-state index contributed by atoms with van der Waals surface area (Å²) in [6.45, 7) is 11.0. The first-order valence-electron chi connectivity index (χ1n) is 6.59. The van der Waals surface area contributed by atoms with Crippen LogP contribution in [0.25, 0.3) is 0 Å². The minimum absolute atomic E-state index is 0.182. The number of aliphatic hydroxyl groups excluding tert-OH is 1. The van der Waals surface area contributed by atoms with Crippen LogP contribution in [-0.4, -0.2) is 5.11 Å². The van der Waals surface area contributed by atoms with Crippen molar-refractivity contribution in [3.8, 4) is 0 Å². The van der Waals surface area contributed by atoms with E-state index >= 15 is 0 Å². The minimum Gasteiger partial charge on any atom is -0.388 e. The second-order valence-corrected chi connectivity index (χ2v) is 6.36. The molecule has 96 valence electrons. The molecule has 0 fully saturated rings. The Kier molecular flexibility index (Phi) is 4.76. The van der Waals surface area contributed by atoms with Crippen molar-refractivity contribution >= 4 is 0 Å². The van der Waals surface area contributed by atoms with Crippen molar-refractivity contribution in [3.63, 3.8) is 0 Å². The van der Waals surface area contributed by atoms with Gasteiger partial charge >= 0.3 is 0 Å². The second-order valence-electron chi connectivity index (χ2n) is 6.36. The lowest BCUT2D eigenvalue weighted by molar-refractivity contribution is 0.159. The molecule has 0 heterocycles.